The quantitative estimate of drug-likeness (QED) is 0.358. The zero-order chi connectivity index (χ0) is 10.8. The fraction of sp³-hybridized carbons (Fsp3) is 0.636. The van der Waals surface area contributed by atoms with Gasteiger partial charge in [0.05, 0.1) is 7.11 Å². The average molecular weight is 198 g/mol. The highest BCUT2D eigenvalue weighted by atomic mass is 16.5. The number of allylic oxidation sites excluding steroid dienone is 2. The minimum atomic E-state index is -0.165. The number of unbranched alkanes of at least 4 members (excludes halogenated alkanes) is 1. The Morgan fingerprint density at radius 1 is 1.14 bits per heavy atom. The van der Waals surface area contributed by atoms with Crippen molar-refractivity contribution in [2.45, 2.75) is 39.0 Å². The van der Waals surface area contributed by atoms with Crippen LogP contribution >= 0.6 is 0 Å². The van der Waals surface area contributed by atoms with Crippen LogP contribution in [0.25, 0.3) is 0 Å². The summed E-state index contributed by atoms with van der Waals surface area (Å²) in [4.78, 5) is 21.3. The summed E-state index contributed by atoms with van der Waals surface area (Å²) in [5, 5.41) is 0. The fourth-order valence-corrected chi connectivity index (χ4v) is 0.989. The van der Waals surface area contributed by atoms with Gasteiger partial charge in [-0.05, 0) is 26.2 Å². The summed E-state index contributed by atoms with van der Waals surface area (Å²) >= 11 is 0. The second-order valence-electron chi connectivity index (χ2n) is 3.18. The van der Waals surface area contributed by atoms with Gasteiger partial charge in [-0.25, -0.2) is 0 Å². The number of carbonyl (C=O) groups is 2. The molecule has 0 saturated heterocycles. The van der Waals surface area contributed by atoms with Crippen molar-refractivity contribution < 1.29 is 14.3 Å². The number of rotatable bonds is 7. The first kappa shape index (κ1) is 12.9. The van der Waals surface area contributed by atoms with E-state index in [0.717, 1.165) is 19.3 Å². The summed E-state index contributed by atoms with van der Waals surface area (Å²) < 4.78 is 4.50. The molecule has 3 heteroatoms. The van der Waals surface area contributed by atoms with Crippen LogP contribution in [0.4, 0.5) is 0 Å². The average Bonchev–Trinajstić information content (AvgIpc) is 2.15. The Bertz CT molecular complexity index is 207. The molecule has 0 unspecified atom stereocenters. The van der Waals surface area contributed by atoms with E-state index in [0.29, 0.717) is 12.8 Å². The molecule has 0 N–H and O–H groups in total. The maximum atomic E-state index is 10.7. The van der Waals surface area contributed by atoms with Gasteiger partial charge in [0, 0.05) is 12.8 Å². The minimum Gasteiger partial charge on any atom is -0.469 e. The Labute approximate surface area is 85.1 Å². The molecule has 0 aromatic rings. The number of ketones is 1. The molecule has 3 nitrogen and oxygen atoms in total. The van der Waals surface area contributed by atoms with Crippen LogP contribution < -0.4 is 0 Å². The first-order chi connectivity index (χ1) is 6.66. The number of esters is 1. The van der Waals surface area contributed by atoms with Crippen molar-refractivity contribution in [2.24, 2.45) is 0 Å². The van der Waals surface area contributed by atoms with E-state index in [1.165, 1.54) is 7.11 Å². The molecule has 0 rings (SSSR count). The SMILES string of the molecule is COC(=O)CCC/C=C\CCC(C)=O. The molecule has 0 aromatic heterocycles. The van der Waals surface area contributed by atoms with E-state index < -0.39 is 0 Å². The third-order valence-electron chi connectivity index (χ3n) is 1.81. The molecule has 0 radical (unpaired) electrons. The molecule has 0 heterocycles. The number of hydrogen-bond acceptors (Lipinski definition) is 3. The lowest BCUT2D eigenvalue weighted by atomic mass is 10.2. The van der Waals surface area contributed by atoms with Crippen LogP contribution in [0.5, 0.6) is 0 Å². The molecule has 0 aliphatic carbocycles. The summed E-state index contributed by atoms with van der Waals surface area (Å²) in [5.74, 6) is 0.0475. The number of ether oxygens (including phenoxy) is 1. The zero-order valence-electron chi connectivity index (χ0n) is 8.91. The second-order valence-corrected chi connectivity index (χ2v) is 3.18. The third kappa shape index (κ3) is 8.97. The normalized spacial score (nSPS) is 10.4. The van der Waals surface area contributed by atoms with Crippen LogP contribution in [0, 0.1) is 0 Å². The lowest BCUT2D eigenvalue weighted by Crippen LogP contribution is -1.98. The Hall–Kier alpha value is -1.12. The van der Waals surface area contributed by atoms with E-state index in [9.17, 15) is 9.59 Å². The van der Waals surface area contributed by atoms with Crippen LogP contribution in [-0.4, -0.2) is 18.9 Å². The lowest BCUT2D eigenvalue weighted by molar-refractivity contribution is -0.140. The molecule has 0 aromatic carbocycles. The van der Waals surface area contributed by atoms with E-state index in [4.69, 9.17) is 0 Å². The molecule has 0 saturated carbocycles. The number of Topliss-reactive ketones (excluding diaryl/α,β-unsaturated/α-hetero) is 1. The van der Waals surface area contributed by atoms with Crippen LogP contribution in [0.15, 0.2) is 12.2 Å². The number of carbonyl (C=O) groups excluding carboxylic acids is 2. The van der Waals surface area contributed by atoms with Gasteiger partial charge in [-0.3, -0.25) is 4.79 Å². The summed E-state index contributed by atoms with van der Waals surface area (Å²) in [6.07, 6.45) is 7.54. The van der Waals surface area contributed by atoms with Crippen molar-refractivity contribution in [3.63, 3.8) is 0 Å². The monoisotopic (exact) mass is 198 g/mol. The van der Waals surface area contributed by atoms with Gasteiger partial charge in [0.1, 0.15) is 5.78 Å². The zero-order valence-corrected chi connectivity index (χ0v) is 8.91. The predicted molar refractivity (Wildman–Crippen MR) is 54.9 cm³/mol. The summed E-state index contributed by atoms with van der Waals surface area (Å²) in [7, 11) is 1.39. The first-order valence-electron chi connectivity index (χ1n) is 4.88. The van der Waals surface area contributed by atoms with Crippen molar-refractivity contribution in [2.75, 3.05) is 7.11 Å². The van der Waals surface area contributed by atoms with Gasteiger partial charge < -0.3 is 9.53 Å². The molecule has 0 spiro atoms. The van der Waals surface area contributed by atoms with Crippen molar-refractivity contribution in [3.8, 4) is 0 Å². The minimum absolute atomic E-state index is 0.165. The molecule has 14 heavy (non-hydrogen) atoms. The second kappa shape index (κ2) is 8.48. The Kier molecular flexibility index (Phi) is 7.80. The Morgan fingerprint density at radius 2 is 1.79 bits per heavy atom. The van der Waals surface area contributed by atoms with E-state index in [1.54, 1.807) is 6.92 Å². The largest absolute Gasteiger partial charge is 0.469 e. The highest BCUT2D eigenvalue weighted by Crippen LogP contribution is 2.00. The standard InChI is InChI=1S/C11H18O3/c1-10(12)8-6-4-3-5-7-9-11(13)14-2/h3-4H,5-9H2,1-2H3/b4-3-. The van der Waals surface area contributed by atoms with Gasteiger partial charge in [-0.1, -0.05) is 12.2 Å². The van der Waals surface area contributed by atoms with Crippen LogP contribution in [0.3, 0.4) is 0 Å². The first-order valence-corrected chi connectivity index (χ1v) is 4.88. The van der Waals surface area contributed by atoms with Gasteiger partial charge in [0.25, 0.3) is 0 Å². The van der Waals surface area contributed by atoms with Gasteiger partial charge in [0.15, 0.2) is 0 Å². The molecular formula is C11H18O3. The Morgan fingerprint density at radius 3 is 2.36 bits per heavy atom. The molecule has 0 atom stereocenters. The van der Waals surface area contributed by atoms with E-state index in [2.05, 4.69) is 4.74 Å². The highest BCUT2D eigenvalue weighted by molar-refractivity contribution is 5.75. The van der Waals surface area contributed by atoms with Gasteiger partial charge in [-0.2, -0.15) is 0 Å². The van der Waals surface area contributed by atoms with E-state index >= 15 is 0 Å². The highest BCUT2D eigenvalue weighted by Gasteiger charge is 1.96. The predicted octanol–water partition coefficient (Wildman–Crippen LogP) is 2.26. The molecule has 0 bridgehead atoms. The molecule has 0 aliphatic rings. The van der Waals surface area contributed by atoms with Crippen molar-refractivity contribution in [1.82, 2.24) is 0 Å². The smallest absolute Gasteiger partial charge is 0.305 e. The van der Waals surface area contributed by atoms with Crippen LogP contribution in [-0.2, 0) is 14.3 Å². The van der Waals surface area contributed by atoms with Crippen molar-refractivity contribution in [3.05, 3.63) is 12.2 Å². The van der Waals surface area contributed by atoms with E-state index in [1.807, 2.05) is 12.2 Å². The van der Waals surface area contributed by atoms with Crippen LogP contribution in [0.1, 0.15) is 39.0 Å². The van der Waals surface area contributed by atoms with Crippen molar-refractivity contribution in [1.29, 1.82) is 0 Å². The maximum absolute atomic E-state index is 10.7. The van der Waals surface area contributed by atoms with Gasteiger partial charge in [0.2, 0.25) is 0 Å². The third-order valence-corrected chi connectivity index (χ3v) is 1.81. The summed E-state index contributed by atoms with van der Waals surface area (Å²) in [6.45, 7) is 1.59. The summed E-state index contributed by atoms with van der Waals surface area (Å²) in [5.41, 5.74) is 0. The summed E-state index contributed by atoms with van der Waals surface area (Å²) in [6, 6.07) is 0. The van der Waals surface area contributed by atoms with Gasteiger partial charge >= 0.3 is 5.97 Å². The lowest BCUT2D eigenvalue weighted by Gasteiger charge is -1.95. The molecule has 0 amide bonds. The van der Waals surface area contributed by atoms with E-state index in [-0.39, 0.29) is 11.8 Å². The number of methoxy groups -OCH3 is 1. The molecule has 0 aliphatic heterocycles. The molecular weight excluding hydrogens is 180 g/mol. The maximum Gasteiger partial charge on any atom is 0.305 e. The topological polar surface area (TPSA) is 43.4 Å². The fourth-order valence-electron chi connectivity index (χ4n) is 0.989. The molecule has 0 fully saturated rings. The Balaban J connectivity index is 3.27. The van der Waals surface area contributed by atoms with Gasteiger partial charge in [-0.15, -0.1) is 0 Å². The number of hydrogen-bond donors (Lipinski definition) is 0. The van der Waals surface area contributed by atoms with Crippen molar-refractivity contribution >= 4 is 11.8 Å². The molecule has 80 valence electrons. The van der Waals surface area contributed by atoms with Crippen LogP contribution in [0.2, 0.25) is 0 Å².